The van der Waals surface area contributed by atoms with E-state index in [0.29, 0.717) is 14.5 Å². The number of halogens is 1. The van der Waals surface area contributed by atoms with Crippen molar-refractivity contribution in [3.63, 3.8) is 0 Å². The Morgan fingerprint density at radius 1 is 1.08 bits per heavy atom. The Labute approximate surface area is 163 Å². The number of aryl methyl sites for hydroxylation is 1. The van der Waals surface area contributed by atoms with E-state index in [1.54, 1.807) is 0 Å². The van der Waals surface area contributed by atoms with Crippen LogP contribution in [0.15, 0.2) is 58.5 Å². The summed E-state index contributed by atoms with van der Waals surface area (Å²) in [6.45, 7) is 6.51. The molecule has 124 valence electrons. The number of benzene rings is 2. The minimum absolute atomic E-state index is 0. The third kappa shape index (κ3) is 2.99. The summed E-state index contributed by atoms with van der Waals surface area (Å²) in [6.07, 6.45) is 2.41. The Morgan fingerprint density at radius 3 is 2.62 bits per heavy atom. The molecule has 24 heavy (non-hydrogen) atoms. The Bertz CT molecular complexity index is 903. The van der Waals surface area contributed by atoms with E-state index in [9.17, 15) is 0 Å². The number of rotatable bonds is 3. The van der Waals surface area contributed by atoms with Crippen LogP contribution in [-0.2, 0) is 6.54 Å². The van der Waals surface area contributed by atoms with Crippen molar-refractivity contribution in [2.45, 2.75) is 25.3 Å². The number of hydrogen-bond donors (Lipinski definition) is 0. The SMILES string of the molecule is CCN1/C(=C\c2[se]c3ccccc3[n+]2CC)Sc2ccccc21.[Br-]. The van der Waals surface area contributed by atoms with E-state index >= 15 is 0 Å². The molecule has 0 radical (unpaired) electrons. The van der Waals surface area contributed by atoms with Crippen LogP contribution in [0.2, 0.25) is 0 Å². The summed E-state index contributed by atoms with van der Waals surface area (Å²) in [7, 11) is 0. The van der Waals surface area contributed by atoms with Crippen LogP contribution < -0.4 is 26.4 Å². The fraction of sp³-hybridized carbons (Fsp3) is 0.211. The molecule has 4 rings (SSSR count). The van der Waals surface area contributed by atoms with Gasteiger partial charge < -0.3 is 17.0 Å². The van der Waals surface area contributed by atoms with Crippen LogP contribution in [0.3, 0.4) is 0 Å². The van der Waals surface area contributed by atoms with Crippen LogP contribution >= 0.6 is 11.8 Å². The first-order chi connectivity index (χ1) is 11.3. The molecular weight excluding hydrogens is 447 g/mol. The molecule has 1 aliphatic rings. The van der Waals surface area contributed by atoms with Crippen molar-refractivity contribution in [3.8, 4) is 0 Å². The van der Waals surface area contributed by atoms with E-state index in [4.69, 9.17) is 0 Å². The molecule has 3 aromatic rings. The number of para-hydroxylation sites is 2. The van der Waals surface area contributed by atoms with E-state index < -0.39 is 0 Å². The van der Waals surface area contributed by atoms with Gasteiger partial charge >= 0.3 is 147 Å². The minimum atomic E-state index is 0. The molecule has 0 saturated carbocycles. The van der Waals surface area contributed by atoms with Crippen molar-refractivity contribution in [2.24, 2.45) is 0 Å². The number of hydrogen-bond acceptors (Lipinski definition) is 2. The standard InChI is InChI=1S/C19H19N2SSe.BrH/c1-3-20-14-9-5-7-11-16(14)22-18(20)13-19-21(4-2)15-10-6-8-12-17(15)23-19;/h5-13H,3-4H2,1-2H3;1H/q+1;/p-1. The van der Waals surface area contributed by atoms with Gasteiger partial charge in [-0.15, -0.1) is 0 Å². The third-order valence-electron chi connectivity index (χ3n) is 4.15. The first-order valence-corrected chi connectivity index (χ1v) is 10.5. The molecule has 0 aliphatic carbocycles. The summed E-state index contributed by atoms with van der Waals surface area (Å²) in [5.41, 5.74) is 2.74. The second-order valence-corrected chi connectivity index (χ2v) is 8.74. The smallest absolute Gasteiger partial charge is 1.00 e. The molecule has 0 spiro atoms. The van der Waals surface area contributed by atoms with Gasteiger partial charge in [0, 0.05) is 0 Å². The van der Waals surface area contributed by atoms with Crippen LogP contribution in [0, 0.1) is 0 Å². The minimum Gasteiger partial charge on any atom is -1.00 e. The predicted molar refractivity (Wildman–Crippen MR) is 100 cm³/mol. The van der Waals surface area contributed by atoms with Crippen molar-refractivity contribution in [2.75, 3.05) is 11.4 Å². The van der Waals surface area contributed by atoms with Gasteiger partial charge in [-0.2, -0.15) is 0 Å². The quantitative estimate of drug-likeness (QED) is 0.423. The first kappa shape index (κ1) is 17.8. The van der Waals surface area contributed by atoms with Crippen LogP contribution in [0.4, 0.5) is 5.69 Å². The van der Waals surface area contributed by atoms with Crippen LogP contribution in [0.1, 0.15) is 18.4 Å². The molecule has 1 aliphatic heterocycles. The Morgan fingerprint density at radius 2 is 1.83 bits per heavy atom. The van der Waals surface area contributed by atoms with Crippen molar-refractivity contribution < 1.29 is 21.5 Å². The van der Waals surface area contributed by atoms with Gasteiger partial charge in [-0.1, -0.05) is 0 Å². The van der Waals surface area contributed by atoms with Crippen LogP contribution in [0.5, 0.6) is 0 Å². The van der Waals surface area contributed by atoms with Crippen molar-refractivity contribution in [1.29, 1.82) is 0 Å². The van der Waals surface area contributed by atoms with Gasteiger partial charge in [0.2, 0.25) is 0 Å². The maximum absolute atomic E-state index is 2.47. The molecular formula is C19H19BrN2SSe. The number of aromatic nitrogens is 1. The molecule has 0 bridgehead atoms. The summed E-state index contributed by atoms with van der Waals surface area (Å²) in [5.74, 6) is 0. The Hall–Kier alpha value is -1.00. The van der Waals surface area contributed by atoms with Crippen molar-refractivity contribution in [3.05, 3.63) is 58.1 Å². The van der Waals surface area contributed by atoms with Crippen LogP contribution in [0.25, 0.3) is 15.9 Å². The van der Waals surface area contributed by atoms with Gasteiger partial charge in [0.15, 0.2) is 0 Å². The molecule has 0 amide bonds. The molecule has 0 atom stereocenters. The van der Waals surface area contributed by atoms with E-state index in [2.05, 4.69) is 77.9 Å². The second-order valence-electron chi connectivity index (χ2n) is 5.45. The maximum Gasteiger partial charge on any atom is -1.00 e. The number of nitrogens with zero attached hydrogens (tertiary/aromatic N) is 2. The Balaban J connectivity index is 0.00000169. The average molecular weight is 466 g/mol. The summed E-state index contributed by atoms with van der Waals surface area (Å²) in [4.78, 5) is 3.80. The largest absolute Gasteiger partial charge is 1.00 e. The summed E-state index contributed by atoms with van der Waals surface area (Å²) in [5, 5.41) is 1.36. The number of fused-ring (bicyclic) bond motifs is 2. The van der Waals surface area contributed by atoms with Crippen molar-refractivity contribution in [1.82, 2.24) is 0 Å². The van der Waals surface area contributed by atoms with E-state index in [-0.39, 0.29) is 17.0 Å². The predicted octanol–water partition coefficient (Wildman–Crippen LogP) is 1.14. The fourth-order valence-corrected chi connectivity index (χ4v) is 6.85. The molecule has 0 unspecified atom stereocenters. The zero-order valence-electron chi connectivity index (χ0n) is 13.7. The van der Waals surface area contributed by atoms with Gasteiger partial charge in [0.1, 0.15) is 0 Å². The zero-order chi connectivity index (χ0) is 15.8. The van der Waals surface area contributed by atoms with Gasteiger partial charge in [0.25, 0.3) is 0 Å². The monoisotopic (exact) mass is 466 g/mol. The molecule has 5 heteroatoms. The Kier molecular flexibility index (Phi) is 5.56. The van der Waals surface area contributed by atoms with Crippen molar-refractivity contribution >= 4 is 47.8 Å². The van der Waals surface area contributed by atoms with Gasteiger partial charge in [-0.25, -0.2) is 0 Å². The molecule has 0 fully saturated rings. The molecule has 2 aromatic carbocycles. The first-order valence-electron chi connectivity index (χ1n) is 7.99. The number of thioether (sulfide) groups is 1. The van der Waals surface area contributed by atoms with E-state index in [1.807, 2.05) is 11.8 Å². The molecule has 2 nitrogen and oxygen atoms in total. The summed E-state index contributed by atoms with van der Waals surface area (Å²) >= 11 is 2.29. The topological polar surface area (TPSA) is 7.12 Å². The molecule has 0 N–H and O–H groups in total. The second kappa shape index (κ2) is 7.49. The fourth-order valence-electron chi connectivity index (χ4n) is 3.08. The van der Waals surface area contributed by atoms with Gasteiger partial charge in [-0.3, -0.25) is 0 Å². The van der Waals surface area contributed by atoms with E-state index in [0.717, 1.165) is 13.1 Å². The van der Waals surface area contributed by atoms with E-state index in [1.165, 1.54) is 30.0 Å². The summed E-state index contributed by atoms with van der Waals surface area (Å²) in [6, 6.07) is 17.5. The normalized spacial score (nSPS) is 14.9. The zero-order valence-corrected chi connectivity index (χ0v) is 17.8. The molecule has 2 heterocycles. The molecule has 1 aromatic heterocycles. The number of anilines is 1. The average Bonchev–Trinajstić information content (AvgIpc) is 3.11. The maximum atomic E-state index is 2.47. The van der Waals surface area contributed by atoms with Gasteiger partial charge in [0.05, 0.1) is 0 Å². The van der Waals surface area contributed by atoms with Crippen LogP contribution in [-0.4, -0.2) is 21.0 Å². The third-order valence-corrected chi connectivity index (χ3v) is 7.60. The summed E-state index contributed by atoms with van der Waals surface area (Å²) < 4.78 is 5.44. The molecule has 0 saturated heterocycles. The van der Waals surface area contributed by atoms with Gasteiger partial charge in [-0.05, 0) is 0 Å².